The van der Waals surface area contributed by atoms with Crippen molar-refractivity contribution in [1.29, 1.82) is 0 Å². The number of nitrogens with zero attached hydrogens (tertiary/aromatic N) is 5. The van der Waals surface area contributed by atoms with Gasteiger partial charge in [-0.1, -0.05) is 23.4 Å². The van der Waals surface area contributed by atoms with Crippen LogP contribution in [0.3, 0.4) is 0 Å². The fraction of sp³-hybridized carbons (Fsp3) is 0.158. The standard InChI is InChI=1S/C19H16FN5O2/c20-14-6-8-17(9-7-14)25-13-15(21-22-25)12-23-10-11-24(19(27)18(23)26)16-4-2-1-3-5-16/h1-9,13H,10-12H2. The summed E-state index contributed by atoms with van der Waals surface area (Å²) in [6.45, 7) is 1.01. The molecule has 2 aromatic carbocycles. The molecule has 1 saturated heterocycles. The summed E-state index contributed by atoms with van der Waals surface area (Å²) in [5, 5.41) is 8.05. The molecule has 4 rings (SSSR count). The first kappa shape index (κ1) is 16.9. The van der Waals surface area contributed by atoms with Gasteiger partial charge in [-0.2, -0.15) is 0 Å². The first-order chi connectivity index (χ1) is 13.1. The van der Waals surface area contributed by atoms with Crippen LogP contribution in [0.15, 0.2) is 60.8 Å². The van der Waals surface area contributed by atoms with Crippen molar-refractivity contribution in [3.8, 4) is 5.69 Å². The molecule has 1 fully saturated rings. The molecule has 136 valence electrons. The van der Waals surface area contributed by atoms with Gasteiger partial charge in [0.05, 0.1) is 18.4 Å². The number of aromatic nitrogens is 3. The van der Waals surface area contributed by atoms with E-state index in [0.717, 1.165) is 0 Å². The number of anilines is 1. The predicted octanol–water partition coefficient (Wildman–Crippen LogP) is 1.78. The molecule has 0 aliphatic carbocycles. The van der Waals surface area contributed by atoms with Gasteiger partial charge in [-0.05, 0) is 36.4 Å². The van der Waals surface area contributed by atoms with Crippen molar-refractivity contribution >= 4 is 17.5 Å². The summed E-state index contributed by atoms with van der Waals surface area (Å²) in [4.78, 5) is 27.8. The molecule has 1 aromatic heterocycles. The van der Waals surface area contributed by atoms with Crippen LogP contribution >= 0.6 is 0 Å². The predicted molar refractivity (Wildman–Crippen MR) is 95.5 cm³/mol. The van der Waals surface area contributed by atoms with E-state index in [0.29, 0.717) is 30.2 Å². The van der Waals surface area contributed by atoms with Gasteiger partial charge < -0.3 is 9.80 Å². The molecule has 0 spiro atoms. The third-order valence-corrected chi connectivity index (χ3v) is 4.36. The first-order valence-electron chi connectivity index (χ1n) is 8.45. The molecule has 7 nitrogen and oxygen atoms in total. The number of hydrogen-bond acceptors (Lipinski definition) is 4. The zero-order chi connectivity index (χ0) is 18.8. The highest BCUT2D eigenvalue weighted by molar-refractivity contribution is 6.40. The van der Waals surface area contributed by atoms with E-state index in [1.807, 2.05) is 18.2 Å². The summed E-state index contributed by atoms with van der Waals surface area (Å²) in [5.74, 6) is -1.46. The second-order valence-corrected chi connectivity index (χ2v) is 6.15. The van der Waals surface area contributed by atoms with Crippen molar-refractivity contribution in [3.05, 3.63) is 72.3 Å². The quantitative estimate of drug-likeness (QED) is 0.661. The lowest BCUT2D eigenvalue weighted by atomic mass is 10.2. The molecule has 2 heterocycles. The smallest absolute Gasteiger partial charge is 0.316 e. The topological polar surface area (TPSA) is 71.3 Å². The van der Waals surface area contributed by atoms with Crippen LogP contribution in [-0.2, 0) is 16.1 Å². The number of carbonyl (C=O) groups excluding carboxylic acids is 2. The molecular weight excluding hydrogens is 349 g/mol. The number of rotatable bonds is 4. The van der Waals surface area contributed by atoms with Gasteiger partial charge in [-0.3, -0.25) is 9.59 Å². The summed E-state index contributed by atoms with van der Waals surface area (Å²) >= 11 is 0. The normalized spacial score (nSPS) is 14.7. The Morgan fingerprint density at radius 1 is 0.889 bits per heavy atom. The van der Waals surface area contributed by atoms with Crippen molar-refractivity contribution in [2.45, 2.75) is 6.54 Å². The number of para-hydroxylation sites is 1. The van der Waals surface area contributed by atoms with Gasteiger partial charge in [0.25, 0.3) is 0 Å². The molecule has 0 unspecified atom stereocenters. The van der Waals surface area contributed by atoms with Gasteiger partial charge in [0.2, 0.25) is 0 Å². The van der Waals surface area contributed by atoms with Crippen molar-refractivity contribution < 1.29 is 14.0 Å². The molecule has 0 atom stereocenters. The Morgan fingerprint density at radius 3 is 2.37 bits per heavy atom. The minimum atomic E-state index is -0.568. The molecule has 27 heavy (non-hydrogen) atoms. The highest BCUT2D eigenvalue weighted by Crippen LogP contribution is 2.18. The highest BCUT2D eigenvalue weighted by atomic mass is 19.1. The molecule has 0 bridgehead atoms. The second-order valence-electron chi connectivity index (χ2n) is 6.15. The SMILES string of the molecule is O=C1C(=O)N(c2ccccc2)CCN1Cc1cn(-c2ccc(F)cc2)nn1. The minimum absolute atomic E-state index is 0.189. The third kappa shape index (κ3) is 3.41. The molecule has 2 amide bonds. The van der Waals surface area contributed by atoms with Crippen LogP contribution in [0.25, 0.3) is 5.69 Å². The van der Waals surface area contributed by atoms with E-state index >= 15 is 0 Å². The van der Waals surface area contributed by atoms with Gasteiger partial charge >= 0.3 is 11.8 Å². The molecule has 8 heteroatoms. The Morgan fingerprint density at radius 2 is 1.63 bits per heavy atom. The van der Waals surface area contributed by atoms with E-state index in [-0.39, 0.29) is 12.4 Å². The molecule has 0 N–H and O–H groups in total. The number of benzene rings is 2. The molecule has 0 radical (unpaired) electrons. The van der Waals surface area contributed by atoms with Gasteiger partial charge in [-0.15, -0.1) is 5.10 Å². The average molecular weight is 365 g/mol. The second kappa shape index (κ2) is 6.99. The van der Waals surface area contributed by atoms with Crippen LogP contribution in [0.2, 0.25) is 0 Å². The maximum absolute atomic E-state index is 13.0. The number of carbonyl (C=O) groups is 2. The Kier molecular flexibility index (Phi) is 4.37. The largest absolute Gasteiger partial charge is 0.327 e. The Balaban J connectivity index is 1.46. The lowest BCUT2D eigenvalue weighted by molar-refractivity contribution is -0.146. The van der Waals surface area contributed by atoms with Crippen LogP contribution in [-0.4, -0.2) is 44.8 Å². The van der Waals surface area contributed by atoms with E-state index in [2.05, 4.69) is 10.3 Å². The fourth-order valence-corrected chi connectivity index (χ4v) is 2.97. The van der Waals surface area contributed by atoms with E-state index in [1.165, 1.54) is 26.6 Å². The van der Waals surface area contributed by atoms with Crippen LogP contribution in [0.1, 0.15) is 5.69 Å². The highest BCUT2D eigenvalue weighted by Gasteiger charge is 2.33. The fourth-order valence-electron chi connectivity index (χ4n) is 2.97. The lowest BCUT2D eigenvalue weighted by Gasteiger charge is -2.33. The third-order valence-electron chi connectivity index (χ3n) is 4.36. The zero-order valence-corrected chi connectivity index (χ0v) is 14.3. The zero-order valence-electron chi connectivity index (χ0n) is 14.3. The lowest BCUT2D eigenvalue weighted by Crippen LogP contribution is -2.54. The van der Waals surface area contributed by atoms with Gasteiger partial charge in [0, 0.05) is 18.8 Å². The summed E-state index contributed by atoms with van der Waals surface area (Å²) < 4.78 is 14.5. The molecule has 1 aliphatic heterocycles. The number of piperazine rings is 1. The van der Waals surface area contributed by atoms with E-state index in [4.69, 9.17) is 0 Å². The van der Waals surface area contributed by atoms with E-state index in [1.54, 1.807) is 30.5 Å². The molecule has 0 saturated carbocycles. The number of hydrogen-bond donors (Lipinski definition) is 0. The Labute approximate surface area is 154 Å². The molecule has 1 aliphatic rings. The van der Waals surface area contributed by atoms with Crippen molar-refractivity contribution in [2.75, 3.05) is 18.0 Å². The number of amides is 2. The van der Waals surface area contributed by atoms with Crippen LogP contribution in [0, 0.1) is 5.82 Å². The van der Waals surface area contributed by atoms with Crippen LogP contribution in [0.5, 0.6) is 0 Å². The summed E-state index contributed by atoms with van der Waals surface area (Å²) in [6, 6.07) is 15.0. The Hall–Kier alpha value is -3.55. The number of halogens is 1. The molecule has 3 aromatic rings. The monoisotopic (exact) mass is 365 g/mol. The van der Waals surface area contributed by atoms with Gasteiger partial charge in [0.15, 0.2) is 0 Å². The minimum Gasteiger partial charge on any atom is -0.327 e. The van der Waals surface area contributed by atoms with Gasteiger partial charge in [-0.25, -0.2) is 9.07 Å². The summed E-state index contributed by atoms with van der Waals surface area (Å²) in [6.07, 6.45) is 1.66. The van der Waals surface area contributed by atoms with Gasteiger partial charge in [0.1, 0.15) is 11.5 Å². The van der Waals surface area contributed by atoms with E-state index < -0.39 is 11.8 Å². The average Bonchev–Trinajstić information content (AvgIpc) is 3.15. The van der Waals surface area contributed by atoms with Crippen LogP contribution < -0.4 is 4.90 Å². The van der Waals surface area contributed by atoms with E-state index in [9.17, 15) is 14.0 Å². The maximum atomic E-state index is 13.0. The van der Waals surface area contributed by atoms with Crippen molar-refractivity contribution in [1.82, 2.24) is 19.9 Å². The first-order valence-corrected chi connectivity index (χ1v) is 8.45. The van der Waals surface area contributed by atoms with Crippen molar-refractivity contribution in [2.24, 2.45) is 0 Å². The molecular formula is C19H16FN5O2. The maximum Gasteiger partial charge on any atom is 0.316 e. The van der Waals surface area contributed by atoms with Crippen molar-refractivity contribution in [3.63, 3.8) is 0 Å². The summed E-state index contributed by atoms with van der Waals surface area (Å²) in [7, 11) is 0. The summed E-state index contributed by atoms with van der Waals surface area (Å²) in [5.41, 5.74) is 1.91. The Bertz CT molecular complexity index is 971. The van der Waals surface area contributed by atoms with Crippen LogP contribution in [0.4, 0.5) is 10.1 Å².